The van der Waals surface area contributed by atoms with Gasteiger partial charge in [0, 0.05) is 5.33 Å². The number of halogens is 1. The summed E-state index contributed by atoms with van der Waals surface area (Å²) >= 11 is 3.79. The molecule has 2 aromatic rings. The highest BCUT2D eigenvalue weighted by atomic mass is 79.9. The van der Waals surface area contributed by atoms with Crippen molar-refractivity contribution in [3.63, 3.8) is 0 Å². The molecule has 0 N–H and O–H groups in total. The van der Waals surface area contributed by atoms with E-state index in [1.807, 2.05) is 0 Å². The average Bonchev–Trinajstić information content (AvgIpc) is 2.86. The SMILES string of the molecule is CCCCC[Si]1(c2ccccc2)CCC([Si]2(c3ccccc3)CCC(CBr)CC2)CC1. The van der Waals surface area contributed by atoms with Crippen LogP contribution in [-0.2, 0) is 0 Å². The number of rotatable bonds is 8. The van der Waals surface area contributed by atoms with Crippen molar-refractivity contribution in [1.29, 1.82) is 0 Å². The minimum Gasteiger partial charge on any atom is -0.0925 e. The van der Waals surface area contributed by atoms with E-state index in [-0.39, 0.29) is 0 Å². The largest absolute Gasteiger partial charge is 0.0925 e. The Morgan fingerprint density at radius 1 is 0.742 bits per heavy atom. The Morgan fingerprint density at radius 3 is 1.87 bits per heavy atom. The maximum atomic E-state index is 3.79. The van der Waals surface area contributed by atoms with Gasteiger partial charge in [-0.25, -0.2) is 0 Å². The van der Waals surface area contributed by atoms with Gasteiger partial charge in [-0.3, -0.25) is 0 Å². The fraction of sp³-hybridized carbons (Fsp3) is 0.571. The van der Waals surface area contributed by atoms with Crippen LogP contribution in [0.5, 0.6) is 0 Å². The van der Waals surface area contributed by atoms with Crippen molar-refractivity contribution in [2.45, 2.75) is 87.6 Å². The molecule has 0 saturated carbocycles. The van der Waals surface area contributed by atoms with E-state index in [0.29, 0.717) is 0 Å². The maximum Gasteiger partial charge on any atom is 0.0897 e. The smallest absolute Gasteiger partial charge is 0.0897 e. The molecule has 0 radical (unpaired) electrons. The second kappa shape index (κ2) is 11.0. The molecule has 2 fully saturated rings. The molecular formula is C28H41BrSi2. The van der Waals surface area contributed by atoms with Crippen molar-refractivity contribution >= 4 is 42.5 Å². The van der Waals surface area contributed by atoms with Gasteiger partial charge in [-0.15, -0.1) is 0 Å². The van der Waals surface area contributed by atoms with E-state index in [2.05, 4.69) is 83.5 Å². The average molecular weight is 514 g/mol. The number of hydrogen-bond acceptors (Lipinski definition) is 0. The van der Waals surface area contributed by atoms with E-state index in [4.69, 9.17) is 0 Å². The number of benzene rings is 2. The third kappa shape index (κ3) is 5.14. The zero-order valence-corrected chi connectivity index (χ0v) is 23.1. The van der Waals surface area contributed by atoms with Crippen LogP contribution in [0.4, 0.5) is 0 Å². The fourth-order valence-electron chi connectivity index (χ4n) is 6.96. The Bertz CT molecular complexity index is 775. The molecule has 31 heavy (non-hydrogen) atoms. The third-order valence-corrected chi connectivity index (χ3v) is 21.2. The molecule has 3 heteroatoms. The van der Waals surface area contributed by atoms with Crippen molar-refractivity contribution in [3.05, 3.63) is 60.7 Å². The summed E-state index contributed by atoms with van der Waals surface area (Å²) in [5.74, 6) is 0.916. The first-order valence-corrected chi connectivity index (χ1v) is 19.1. The molecule has 4 rings (SSSR count). The Hall–Kier alpha value is -0.646. The molecule has 2 saturated heterocycles. The standard InChI is InChI=1S/C28H41BrSi2/c1-2-3-10-19-30(26-11-6-4-7-12-26)20-17-28(18-21-30)31(27-13-8-5-9-14-27)22-15-25(24-29)16-23-31/h4-9,11-14,25,28H,2-3,10,15-24H2,1H3. The lowest BCUT2D eigenvalue weighted by molar-refractivity contribution is 0.512. The van der Waals surface area contributed by atoms with Gasteiger partial charge in [0.25, 0.3) is 0 Å². The first-order chi connectivity index (χ1) is 15.2. The van der Waals surface area contributed by atoms with Gasteiger partial charge in [0.1, 0.15) is 0 Å². The molecule has 0 aromatic heterocycles. The highest BCUT2D eigenvalue weighted by Crippen LogP contribution is 2.49. The number of unbranched alkanes of at least 4 members (excludes halogenated alkanes) is 2. The van der Waals surface area contributed by atoms with Crippen molar-refractivity contribution in [2.75, 3.05) is 5.33 Å². The lowest BCUT2D eigenvalue weighted by Gasteiger charge is -2.49. The summed E-state index contributed by atoms with van der Waals surface area (Å²) < 4.78 is 0. The topological polar surface area (TPSA) is 0 Å². The highest BCUT2D eigenvalue weighted by molar-refractivity contribution is 9.09. The molecule has 2 aromatic carbocycles. The summed E-state index contributed by atoms with van der Waals surface area (Å²) in [7, 11) is -2.76. The van der Waals surface area contributed by atoms with Crippen LogP contribution < -0.4 is 10.4 Å². The molecule has 0 nitrogen and oxygen atoms in total. The van der Waals surface area contributed by atoms with Crippen LogP contribution in [0, 0.1) is 5.92 Å². The van der Waals surface area contributed by atoms with Crippen molar-refractivity contribution in [1.82, 2.24) is 0 Å². The fourth-order valence-corrected chi connectivity index (χ4v) is 19.6. The van der Waals surface area contributed by atoms with Crippen molar-refractivity contribution in [2.24, 2.45) is 5.92 Å². The zero-order valence-electron chi connectivity index (χ0n) is 19.5. The lowest BCUT2D eigenvalue weighted by Crippen LogP contribution is -2.57. The van der Waals surface area contributed by atoms with Gasteiger partial charge in [0.2, 0.25) is 0 Å². The molecule has 0 aliphatic carbocycles. The second-order valence-electron chi connectivity index (χ2n) is 10.5. The van der Waals surface area contributed by atoms with E-state index in [1.54, 1.807) is 22.5 Å². The summed E-state index contributed by atoms with van der Waals surface area (Å²) in [6.07, 6.45) is 10.2. The quantitative estimate of drug-likeness (QED) is 0.191. The summed E-state index contributed by atoms with van der Waals surface area (Å²) in [5, 5.41) is 4.76. The Morgan fingerprint density at radius 2 is 1.32 bits per heavy atom. The molecule has 0 amide bonds. The molecule has 0 atom stereocenters. The van der Waals surface area contributed by atoms with Crippen LogP contribution in [0.15, 0.2) is 60.7 Å². The Balaban J connectivity index is 1.56. The van der Waals surface area contributed by atoms with Gasteiger partial charge in [-0.2, -0.15) is 0 Å². The Labute approximate surface area is 201 Å². The molecule has 2 aliphatic rings. The minimum atomic E-state index is -1.42. The van der Waals surface area contributed by atoms with Gasteiger partial charge in [0.15, 0.2) is 0 Å². The predicted molar refractivity (Wildman–Crippen MR) is 147 cm³/mol. The van der Waals surface area contributed by atoms with Crippen molar-refractivity contribution < 1.29 is 0 Å². The molecular weight excluding hydrogens is 472 g/mol. The summed E-state index contributed by atoms with van der Waals surface area (Å²) in [4.78, 5) is 0. The predicted octanol–water partition coefficient (Wildman–Crippen LogP) is 7.86. The molecule has 0 unspecified atom stereocenters. The molecule has 2 aliphatic heterocycles. The first kappa shape index (κ1) is 23.5. The minimum absolute atomic E-state index is 0.916. The molecule has 2 heterocycles. The van der Waals surface area contributed by atoms with Crippen LogP contribution in [0.1, 0.15) is 51.9 Å². The normalized spacial score (nSPS) is 31.4. The maximum absolute atomic E-state index is 3.79. The van der Waals surface area contributed by atoms with E-state index in [0.717, 1.165) is 11.5 Å². The number of alkyl halides is 1. The van der Waals surface area contributed by atoms with E-state index in [1.165, 1.54) is 68.4 Å². The van der Waals surface area contributed by atoms with Crippen LogP contribution in [-0.4, -0.2) is 21.5 Å². The van der Waals surface area contributed by atoms with Crippen LogP contribution >= 0.6 is 15.9 Å². The summed E-state index contributed by atoms with van der Waals surface area (Å²) in [6.45, 7) is 2.35. The van der Waals surface area contributed by atoms with Crippen LogP contribution in [0.3, 0.4) is 0 Å². The third-order valence-electron chi connectivity index (χ3n) is 8.93. The highest BCUT2D eigenvalue weighted by Gasteiger charge is 2.49. The van der Waals surface area contributed by atoms with E-state index >= 15 is 0 Å². The van der Waals surface area contributed by atoms with Crippen LogP contribution in [0.2, 0.25) is 35.8 Å². The number of hydrogen-bond donors (Lipinski definition) is 0. The molecule has 0 spiro atoms. The first-order valence-electron chi connectivity index (χ1n) is 12.9. The summed E-state index contributed by atoms with van der Waals surface area (Å²) in [5.41, 5.74) is 1.02. The monoisotopic (exact) mass is 512 g/mol. The Kier molecular flexibility index (Phi) is 8.33. The van der Waals surface area contributed by atoms with Gasteiger partial charge in [-0.05, 0) is 11.5 Å². The second-order valence-corrected chi connectivity index (χ2v) is 20.5. The van der Waals surface area contributed by atoms with Gasteiger partial charge >= 0.3 is 0 Å². The summed E-state index contributed by atoms with van der Waals surface area (Å²) in [6, 6.07) is 31.4. The zero-order chi connectivity index (χ0) is 21.6. The van der Waals surface area contributed by atoms with Gasteiger partial charge in [-0.1, -0.05) is 169 Å². The molecule has 0 bridgehead atoms. The molecule has 168 valence electrons. The van der Waals surface area contributed by atoms with Gasteiger partial charge in [0.05, 0.1) is 16.1 Å². The van der Waals surface area contributed by atoms with E-state index < -0.39 is 16.1 Å². The van der Waals surface area contributed by atoms with Gasteiger partial charge < -0.3 is 0 Å². The van der Waals surface area contributed by atoms with E-state index in [9.17, 15) is 0 Å². The lowest BCUT2D eigenvalue weighted by atomic mass is 10.1. The van der Waals surface area contributed by atoms with Crippen LogP contribution in [0.25, 0.3) is 0 Å². The van der Waals surface area contributed by atoms with Crippen molar-refractivity contribution in [3.8, 4) is 0 Å².